The highest BCUT2D eigenvalue weighted by Crippen LogP contribution is 2.33. The molecule has 0 aromatic carbocycles. The lowest BCUT2D eigenvalue weighted by Gasteiger charge is -2.23. The van der Waals surface area contributed by atoms with E-state index in [1.54, 1.807) is 19.0 Å². The van der Waals surface area contributed by atoms with Crippen LogP contribution in [0.2, 0.25) is 0 Å². The first kappa shape index (κ1) is 15.9. The van der Waals surface area contributed by atoms with Gasteiger partial charge in [-0.1, -0.05) is 0 Å². The van der Waals surface area contributed by atoms with E-state index in [-0.39, 0.29) is 5.82 Å². The molecule has 7 heteroatoms. The first-order chi connectivity index (χ1) is 9.79. The summed E-state index contributed by atoms with van der Waals surface area (Å²) in [6.45, 7) is 2.72. The number of hydrogen-bond acceptors (Lipinski definition) is 4. The van der Waals surface area contributed by atoms with Crippen molar-refractivity contribution in [3.63, 3.8) is 0 Å². The van der Waals surface area contributed by atoms with Gasteiger partial charge in [-0.3, -0.25) is 0 Å². The van der Waals surface area contributed by atoms with Crippen LogP contribution in [-0.2, 0) is 6.18 Å². The van der Waals surface area contributed by atoms with Crippen LogP contribution in [0.15, 0.2) is 12.1 Å². The van der Waals surface area contributed by atoms with E-state index >= 15 is 0 Å². The Morgan fingerprint density at radius 1 is 1.43 bits per heavy atom. The average Bonchev–Trinajstić information content (AvgIpc) is 2.82. The topological polar surface area (TPSA) is 31.4 Å². The largest absolute Gasteiger partial charge is 0.416 e. The highest BCUT2D eigenvalue weighted by Gasteiger charge is 2.32. The summed E-state index contributed by atoms with van der Waals surface area (Å²) in [5, 5.41) is 2.69. The molecule has 0 aliphatic carbocycles. The van der Waals surface area contributed by atoms with Crippen LogP contribution in [0.5, 0.6) is 0 Å². The van der Waals surface area contributed by atoms with E-state index in [4.69, 9.17) is 0 Å². The molecular weight excluding hydrogens is 281 g/mol. The van der Waals surface area contributed by atoms with Gasteiger partial charge in [0.25, 0.3) is 0 Å². The molecule has 0 bridgehead atoms. The Balaban J connectivity index is 2.17. The molecule has 1 aliphatic heterocycles. The third-order valence-electron chi connectivity index (χ3n) is 3.81. The quantitative estimate of drug-likeness (QED) is 0.926. The smallest absolute Gasteiger partial charge is 0.373 e. The van der Waals surface area contributed by atoms with Crippen molar-refractivity contribution in [3.8, 4) is 0 Å². The zero-order chi connectivity index (χ0) is 15.6. The second kappa shape index (κ2) is 6.09. The summed E-state index contributed by atoms with van der Waals surface area (Å²) in [5.41, 5.74) is -0.674. The highest BCUT2D eigenvalue weighted by atomic mass is 19.4. The Morgan fingerprint density at radius 3 is 2.67 bits per heavy atom. The van der Waals surface area contributed by atoms with E-state index in [1.165, 1.54) is 0 Å². The van der Waals surface area contributed by atoms with Gasteiger partial charge in [-0.2, -0.15) is 13.2 Å². The third kappa shape index (κ3) is 4.00. The van der Waals surface area contributed by atoms with Crippen LogP contribution in [0.3, 0.4) is 0 Å². The van der Waals surface area contributed by atoms with E-state index in [0.29, 0.717) is 18.3 Å². The number of hydrogen-bond donors (Lipinski definition) is 1. The second-order valence-electron chi connectivity index (χ2n) is 5.64. The summed E-state index contributed by atoms with van der Waals surface area (Å²) < 4.78 is 38.8. The van der Waals surface area contributed by atoms with Gasteiger partial charge in [0, 0.05) is 27.2 Å². The number of alkyl halides is 3. The molecule has 21 heavy (non-hydrogen) atoms. The molecule has 4 nitrogen and oxygen atoms in total. The monoisotopic (exact) mass is 302 g/mol. The number of nitrogens with one attached hydrogen (secondary N) is 1. The summed E-state index contributed by atoms with van der Waals surface area (Å²) in [7, 11) is 5.42. The molecule has 1 N–H and O–H groups in total. The maximum Gasteiger partial charge on any atom is 0.416 e. The maximum atomic E-state index is 12.9. The van der Waals surface area contributed by atoms with E-state index in [0.717, 1.165) is 31.6 Å². The van der Waals surface area contributed by atoms with Gasteiger partial charge >= 0.3 is 6.18 Å². The van der Waals surface area contributed by atoms with Crippen LogP contribution >= 0.6 is 0 Å². The minimum Gasteiger partial charge on any atom is -0.373 e. The van der Waals surface area contributed by atoms with E-state index in [9.17, 15) is 13.2 Å². The van der Waals surface area contributed by atoms with E-state index in [1.807, 2.05) is 0 Å². The second-order valence-corrected chi connectivity index (χ2v) is 5.64. The van der Waals surface area contributed by atoms with Gasteiger partial charge in [-0.15, -0.1) is 0 Å². The minimum atomic E-state index is -4.36. The van der Waals surface area contributed by atoms with Gasteiger partial charge in [-0.05, 0) is 38.1 Å². The van der Waals surface area contributed by atoms with Gasteiger partial charge in [0.1, 0.15) is 11.6 Å². The molecule has 0 spiro atoms. The average molecular weight is 302 g/mol. The van der Waals surface area contributed by atoms with Gasteiger partial charge < -0.3 is 15.1 Å². The first-order valence-corrected chi connectivity index (χ1v) is 6.96. The Labute approximate surface area is 122 Å². The van der Waals surface area contributed by atoms with Gasteiger partial charge in [0.2, 0.25) is 0 Å². The van der Waals surface area contributed by atoms with Gasteiger partial charge in [0.05, 0.1) is 5.56 Å². The zero-order valence-electron chi connectivity index (χ0n) is 12.5. The Hall–Kier alpha value is -1.50. The summed E-state index contributed by atoms with van der Waals surface area (Å²) in [5.74, 6) is 1.05. The van der Waals surface area contributed by atoms with E-state index in [2.05, 4.69) is 22.2 Å². The lowest BCUT2D eigenvalue weighted by Crippen LogP contribution is -2.28. The molecule has 118 valence electrons. The van der Waals surface area contributed by atoms with Crippen molar-refractivity contribution in [3.05, 3.63) is 17.7 Å². The molecule has 2 rings (SSSR count). The van der Waals surface area contributed by atoms with Crippen molar-refractivity contribution in [1.29, 1.82) is 0 Å². The number of pyridine rings is 1. The zero-order valence-corrected chi connectivity index (χ0v) is 12.5. The highest BCUT2D eigenvalue weighted by molar-refractivity contribution is 5.50. The summed E-state index contributed by atoms with van der Waals surface area (Å²) in [6.07, 6.45) is -3.30. The minimum absolute atomic E-state index is 0.232. The standard InChI is InChI=1S/C14H21F3N4/c1-18-12-6-11(14(15,16)17)7-13(19-12)21(3)9-10-4-5-20(2)8-10/h6-7,10H,4-5,8-9H2,1-3H3,(H,18,19). The summed E-state index contributed by atoms with van der Waals surface area (Å²) >= 11 is 0. The van der Waals surface area contributed by atoms with Crippen LogP contribution < -0.4 is 10.2 Å². The molecule has 0 radical (unpaired) electrons. The summed E-state index contributed by atoms with van der Waals surface area (Å²) in [4.78, 5) is 8.27. The molecular formula is C14H21F3N4. The fourth-order valence-corrected chi connectivity index (χ4v) is 2.66. The van der Waals surface area contributed by atoms with Gasteiger partial charge in [-0.25, -0.2) is 4.98 Å². The molecule has 1 aromatic rings. The first-order valence-electron chi connectivity index (χ1n) is 6.96. The molecule has 1 aliphatic rings. The van der Waals surface area contributed by atoms with Crippen molar-refractivity contribution in [2.24, 2.45) is 5.92 Å². The number of nitrogens with zero attached hydrogens (tertiary/aromatic N) is 3. The predicted octanol–water partition coefficient (Wildman–Crippen LogP) is 2.53. The van der Waals surface area contributed by atoms with Gasteiger partial charge in [0.15, 0.2) is 0 Å². The molecule has 1 fully saturated rings. The SMILES string of the molecule is CNc1cc(C(F)(F)F)cc(N(C)CC2CCN(C)C2)n1. The van der Waals surface area contributed by atoms with Crippen molar-refractivity contribution >= 4 is 11.6 Å². The van der Waals surface area contributed by atoms with E-state index < -0.39 is 11.7 Å². The Kier molecular flexibility index (Phi) is 4.61. The van der Waals surface area contributed by atoms with Crippen LogP contribution in [0.1, 0.15) is 12.0 Å². The van der Waals surface area contributed by atoms with Crippen LogP contribution in [-0.4, -0.2) is 50.7 Å². The molecule has 1 saturated heterocycles. The third-order valence-corrected chi connectivity index (χ3v) is 3.81. The molecule has 1 aromatic heterocycles. The van der Waals surface area contributed by atoms with Crippen molar-refractivity contribution in [2.75, 3.05) is 51.0 Å². The number of anilines is 2. The van der Waals surface area contributed by atoms with Crippen LogP contribution in [0.25, 0.3) is 0 Å². The number of halogens is 3. The normalized spacial score (nSPS) is 19.8. The number of likely N-dealkylation sites (tertiary alicyclic amines) is 1. The van der Waals surface area contributed by atoms with Crippen molar-refractivity contribution < 1.29 is 13.2 Å². The molecule has 1 unspecified atom stereocenters. The lowest BCUT2D eigenvalue weighted by atomic mass is 10.1. The molecule has 1 atom stereocenters. The molecule has 0 saturated carbocycles. The summed E-state index contributed by atoms with van der Waals surface area (Å²) in [6, 6.07) is 2.14. The Morgan fingerprint density at radius 2 is 2.14 bits per heavy atom. The molecule has 2 heterocycles. The maximum absolute atomic E-state index is 12.9. The number of rotatable bonds is 4. The molecule has 0 amide bonds. The lowest BCUT2D eigenvalue weighted by molar-refractivity contribution is -0.137. The fraction of sp³-hybridized carbons (Fsp3) is 0.643. The predicted molar refractivity (Wildman–Crippen MR) is 77.7 cm³/mol. The number of aromatic nitrogens is 1. The van der Waals surface area contributed by atoms with Crippen molar-refractivity contribution in [2.45, 2.75) is 12.6 Å². The van der Waals surface area contributed by atoms with Crippen LogP contribution in [0.4, 0.5) is 24.8 Å². The van der Waals surface area contributed by atoms with Crippen LogP contribution in [0, 0.1) is 5.92 Å². The van der Waals surface area contributed by atoms with Crippen molar-refractivity contribution in [1.82, 2.24) is 9.88 Å². The fourth-order valence-electron chi connectivity index (χ4n) is 2.66. The Bertz CT molecular complexity index is 490.